The zero-order chi connectivity index (χ0) is 16.0. The normalized spacial score (nSPS) is 14.8. The van der Waals surface area contributed by atoms with E-state index in [2.05, 4.69) is 11.4 Å². The van der Waals surface area contributed by atoms with E-state index in [1.165, 1.54) is 6.07 Å². The molecule has 21 heavy (non-hydrogen) atoms. The van der Waals surface area contributed by atoms with Crippen molar-refractivity contribution in [2.24, 2.45) is 0 Å². The lowest BCUT2D eigenvalue weighted by Gasteiger charge is -2.26. The van der Waals surface area contributed by atoms with E-state index in [9.17, 15) is 15.4 Å². The fraction of sp³-hybridized carbons (Fsp3) is 0.533. The maximum Gasteiger partial charge on any atom is 0.311 e. The average Bonchev–Trinajstić information content (AvgIpc) is 2.40. The molecule has 0 aliphatic rings. The molecule has 0 aliphatic carbocycles. The molecule has 0 spiro atoms. The monoisotopic (exact) mass is 291 g/mol. The van der Waals surface area contributed by atoms with Crippen LogP contribution in [0.1, 0.15) is 32.8 Å². The molecule has 2 unspecified atom stereocenters. The van der Waals surface area contributed by atoms with Gasteiger partial charge in [-0.2, -0.15) is 5.26 Å². The molecule has 1 rings (SSSR count). The minimum Gasteiger partial charge on any atom is -0.483 e. The lowest BCUT2D eigenvalue weighted by atomic mass is 9.96. The van der Waals surface area contributed by atoms with Gasteiger partial charge in [-0.25, -0.2) is 0 Å². The number of hydrogen-bond donors (Lipinski definition) is 1. The summed E-state index contributed by atoms with van der Waals surface area (Å²) in [5, 5.41) is 23.4. The second-order valence-corrected chi connectivity index (χ2v) is 5.29. The third kappa shape index (κ3) is 4.43. The van der Waals surface area contributed by atoms with E-state index in [0.29, 0.717) is 18.5 Å². The summed E-state index contributed by atoms with van der Waals surface area (Å²) in [5.74, 6) is 0.270. The highest BCUT2D eigenvalue weighted by molar-refractivity contribution is 5.51. The molecule has 0 saturated carbocycles. The van der Waals surface area contributed by atoms with E-state index in [-0.39, 0.29) is 17.5 Å². The Morgan fingerprint density at radius 2 is 2.24 bits per heavy atom. The molecule has 0 aliphatic heterocycles. The van der Waals surface area contributed by atoms with Crippen LogP contribution in [-0.2, 0) is 0 Å². The number of nitrogens with zero attached hydrogens (tertiary/aromatic N) is 2. The Bertz CT molecular complexity index is 554. The smallest absolute Gasteiger partial charge is 0.311 e. The number of nitro groups is 1. The van der Waals surface area contributed by atoms with E-state index in [1.54, 1.807) is 26.0 Å². The van der Waals surface area contributed by atoms with E-state index < -0.39 is 10.5 Å². The zero-order valence-corrected chi connectivity index (χ0v) is 12.8. The van der Waals surface area contributed by atoms with Crippen molar-refractivity contribution in [1.82, 2.24) is 5.32 Å². The lowest BCUT2D eigenvalue weighted by Crippen LogP contribution is -2.44. The van der Waals surface area contributed by atoms with Crippen LogP contribution in [0.2, 0.25) is 0 Å². The largest absolute Gasteiger partial charge is 0.483 e. The first-order valence-electron chi connectivity index (χ1n) is 6.90. The Morgan fingerprint density at radius 1 is 1.57 bits per heavy atom. The SMILES string of the molecule is CCNC(C)(C#N)CC(C)Oc1c(C)cccc1[N+](=O)[O-]. The predicted octanol–water partition coefficient (Wildman–Crippen LogP) is 2.95. The minimum absolute atomic E-state index is 0.0519. The Labute approximate surface area is 124 Å². The quantitative estimate of drug-likeness (QED) is 0.616. The number of aryl methyl sites for hydroxylation is 1. The summed E-state index contributed by atoms with van der Waals surface area (Å²) in [5.41, 5.74) is -0.0619. The number of para-hydroxylation sites is 1. The zero-order valence-electron chi connectivity index (χ0n) is 12.8. The maximum atomic E-state index is 11.1. The van der Waals surface area contributed by atoms with Crippen molar-refractivity contribution in [3.8, 4) is 11.8 Å². The lowest BCUT2D eigenvalue weighted by molar-refractivity contribution is -0.386. The van der Waals surface area contributed by atoms with Crippen molar-refractivity contribution in [2.75, 3.05) is 6.54 Å². The molecule has 0 saturated heterocycles. The molecular formula is C15H21N3O3. The first-order chi connectivity index (χ1) is 9.83. The van der Waals surface area contributed by atoms with Crippen LogP contribution in [-0.4, -0.2) is 23.1 Å². The van der Waals surface area contributed by atoms with Gasteiger partial charge < -0.3 is 4.74 Å². The van der Waals surface area contributed by atoms with Crippen LogP contribution in [0.4, 0.5) is 5.69 Å². The van der Waals surface area contributed by atoms with E-state index in [1.807, 2.05) is 13.8 Å². The minimum atomic E-state index is -0.717. The Kier molecular flexibility index (Phi) is 5.68. The van der Waals surface area contributed by atoms with Crippen LogP contribution in [0, 0.1) is 28.4 Å². The van der Waals surface area contributed by atoms with Gasteiger partial charge in [0.2, 0.25) is 0 Å². The molecule has 1 N–H and O–H groups in total. The van der Waals surface area contributed by atoms with Crippen molar-refractivity contribution in [3.05, 3.63) is 33.9 Å². The summed E-state index contributed by atoms with van der Waals surface area (Å²) in [6.45, 7) is 7.96. The molecule has 0 aromatic heterocycles. The first-order valence-corrected chi connectivity index (χ1v) is 6.90. The third-order valence-corrected chi connectivity index (χ3v) is 3.22. The van der Waals surface area contributed by atoms with E-state index in [4.69, 9.17) is 4.74 Å². The molecular weight excluding hydrogens is 270 g/mol. The van der Waals surface area contributed by atoms with Crippen molar-refractivity contribution < 1.29 is 9.66 Å². The summed E-state index contributed by atoms with van der Waals surface area (Å²) in [6, 6.07) is 7.04. The Hall–Kier alpha value is -2.13. The number of nitrogens with one attached hydrogen (secondary N) is 1. The number of rotatable bonds is 7. The number of benzene rings is 1. The maximum absolute atomic E-state index is 11.1. The summed E-state index contributed by atoms with van der Waals surface area (Å²) >= 11 is 0. The summed E-state index contributed by atoms with van der Waals surface area (Å²) in [4.78, 5) is 10.6. The highest BCUT2D eigenvalue weighted by Gasteiger charge is 2.28. The molecule has 0 bridgehead atoms. The molecule has 2 atom stereocenters. The number of nitro benzene ring substituents is 1. The summed E-state index contributed by atoms with van der Waals surface area (Å²) in [6.07, 6.45) is 0.108. The second kappa shape index (κ2) is 7.04. The van der Waals surface area contributed by atoms with Crippen LogP contribution in [0.5, 0.6) is 5.75 Å². The number of nitriles is 1. The summed E-state index contributed by atoms with van der Waals surface area (Å²) < 4.78 is 5.75. The van der Waals surface area contributed by atoms with Crippen LogP contribution < -0.4 is 10.1 Å². The van der Waals surface area contributed by atoms with Gasteiger partial charge in [-0.15, -0.1) is 0 Å². The Morgan fingerprint density at radius 3 is 2.76 bits per heavy atom. The van der Waals surface area contributed by atoms with Gasteiger partial charge >= 0.3 is 5.69 Å². The Balaban J connectivity index is 2.92. The fourth-order valence-corrected chi connectivity index (χ4v) is 2.30. The molecule has 1 aromatic carbocycles. The van der Waals surface area contributed by atoms with Gasteiger partial charge in [0.15, 0.2) is 5.75 Å². The number of hydrogen-bond acceptors (Lipinski definition) is 5. The van der Waals surface area contributed by atoms with Crippen LogP contribution in [0.15, 0.2) is 18.2 Å². The standard InChI is InChI=1S/C15H21N3O3/c1-5-17-15(4,10-16)9-12(3)21-14-11(2)7-6-8-13(14)18(19)20/h6-8,12,17H,5,9H2,1-4H3. The van der Waals surface area contributed by atoms with Crippen molar-refractivity contribution >= 4 is 5.69 Å². The second-order valence-electron chi connectivity index (χ2n) is 5.29. The highest BCUT2D eigenvalue weighted by Crippen LogP contribution is 2.32. The fourth-order valence-electron chi connectivity index (χ4n) is 2.30. The van der Waals surface area contributed by atoms with Gasteiger partial charge in [0.1, 0.15) is 5.54 Å². The molecule has 6 nitrogen and oxygen atoms in total. The van der Waals surface area contributed by atoms with Crippen LogP contribution in [0.25, 0.3) is 0 Å². The van der Waals surface area contributed by atoms with Gasteiger partial charge in [0.05, 0.1) is 17.1 Å². The molecule has 1 aromatic rings. The third-order valence-electron chi connectivity index (χ3n) is 3.22. The molecule has 0 amide bonds. The van der Waals surface area contributed by atoms with Crippen LogP contribution >= 0.6 is 0 Å². The molecule has 6 heteroatoms. The molecule has 114 valence electrons. The predicted molar refractivity (Wildman–Crippen MR) is 80.2 cm³/mol. The topological polar surface area (TPSA) is 88.2 Å². The van der Waals surface area contributed by atoms with Crippen molar-refractivity contribution in [1.29, 1.82) is 5.26 Å². The molecule has 0 fully saturated rings. The summed E-state index contributed by atoms with van der Waals surface area (Å²) in [7, 11) is 0. The van der Waals surface area contributed by atoms with Crippen molar-refractivity contribution in [2.45, 2.75) is 45.8 Å². The van der Waals surface area contributed by atoms with Gasteiger partial charge in [0.25, 0.3) is 0 Å². The van der Waals surface area contributed by atoms with Gasteiger partial charge in [-0.3, -0.25) is 15.4 Å². The molecule has 0 heterocycles. The average molecular weight is 291 g/mol. The van der Waals surface area contributed by atoms with Crippen molar-refractivity contribution in [3.63, 3.8) is 0 Å². The number of ether oxygens (including phenoxy) is 1. The molecule has 0 radical (unpaired) electrons. The highest BCUT2D eigenvalue weighted by atomic mass is 16.6. The van der Waals surface area contributed by atoms with E-state index >= 15 is 0 Å². The van der Waals surface area contributed by atoms with Gasteiger partial charge in [0, 0.05) is 12.5 Å². The van der Waals surface area contributed by atoms with E-state index in [0.717, 1.165) is 0 Å². The first kappa shape index (κ1) is 16.9. The van der Waals surface area contributed by atoms with Gasteiger partial charge in [-0.1, -0.05) is 19.1 Å². The van der Waals surface area contributed by atoms with Crippen LogP contribution in [0.3, 0.4) is 0 Å². The van der Waals surface area contributed by atoms with Gasteiger partial charge in [-0.05, 0) is 32.9 Å².